The molecule has 0 saturated carbocycles. The standard InChI is InChI=1S/C23H22F6N4O/c1-3-31(4-2)9-10-32-19-12-15(13-30)11-18(23(27,28)29)20(19)33(21(32)34)14-16-7-5-6-8-17(16)22(24,25)26/h5-8,11-12H,3-4,9-10,14H2,1-2H3. The zero-order chi connectivity index (χ0) is 25.3. The molecule has 11 heteroatoms. The highest BCUT2D eigenvalue weighted by Gasteiger charge is 2.37. The Morgan fingerprint density at radius 3 is 2.12 bits per heavy atom. The predicted molar refractivity (Wildman–Crippen MR) is 114 cm³/mol. The first kappa shape index (κ1) is 25.4. The number of rotatable bonds is 7. The molecule has 0 bridgehead atoms. The maximum Gasteiger partial charge on any atom is 0.418 e. The van der Waals surface area contributed by atoms with Crippen LogP contribution in [0.4, 0.5) is 26.3 Å². The van der Waals surface area contributed by atoms with E-state index in [-0.39, 0.29) is 23.2 Å². The van der Waals surface area contributed by atoms with Crippen LogP contribution < -0.4 is 5.69 Å². The molecule has 0 N–H and O–H groups in total. The number of hydrogen-bond donors (Lipinski definition) is 0. The van der Waals surface area contributed by atoms with E-state index >= 15 is 0 Å². The van der Waals surface area contributed by atoms with Gasteiger partial charge in [-0.15, -0.1) is 0 Å². The molecule has 0 atom stereocenters. The molecule has 3 rings (SSSR count). The van der Waals surface area contributed by atoms with Crippen molar-refractivity contribution in [2.45, 2.75) is 39.3 Å². The van der Waals surface area contributed by atoms with Gasteiger partial charge in [0.2, 0.25) is 0 Å². The monoisotopic (exact) mass is 484 g/mol. The summed E-state index contributed by atoms with van der Waals surface area (Å²) in [6, 6.07) is 7.89. The highest BCUT2D eigenvalue weighted by molar-refractivity contribution is 5.82. The van der Waals surface area contributed by atoms with Gasteiger partial charge in [-0.2, -0.15) is 31.6 Å². The van der Waals surface area contributed by atoms with Crippen LogP contribution in [0.1, 0.15) is 36.1 Å². The van der Waals surface area contributed by atoms with Crippen LogP contribution in [0.5, 0.6) is 0 Å². The first-order chi connectivity index (χ1) is 15.9. The Hall–Kier alpha value is -3.26. The Balaban J connectivity index is 2.31. The number of likely N-dealkylation sites (N-methyl/N-ethyl adjacent to an activating group) is 1. The lowest BCUT2D eigenvalue weighted by molar-refractivity contribution is -0.138. The molecule has 1 aromatic heterocycles. The molecule has 0 spiro atoms. The van der Waals surface area contributed by atoms with E-state index in [0.29, 0.717) is 30.3 Å². The number of nitrogens with zero attached hydrogens (tertiary/aromatic N) is 4. The molecule has 34 heavy (non-hydrogen) atoms. The van der Waals surface area contributed by atoms with Gasteiger partial charge in [-0.05, 0) is 36.9 Å². The molecule has 0 amide bonds. The minimum absolute atomic E-state index is 0.0110. The van der Waals surface area contributed by atoms with Crippen LogP contribution in [-0.2, 0) is 25.4 Å². The van der Waals surface area contributed by atoms with Crippen molar-refractivity contribution < 1.29 is 26.3 Å². The fourth-order valence-corrected chi connectivity index (χ4v) is 3.98. The maximum atomic E-state index is 14.0. The molecule has 0 saturated heterocycles. The summed E-state index contributed by atoms with van der Waals surface area (Å²) < 4.78 is 84.2. The smallest absolute Gasteiger partial charge is 0.302 e. The molecular formula is C23H22F6N4O. The molecule has 0 unspecified atom stereocenters. The lowest BCUT2D eigenvalue weighted by Gasteiger charge is -2.18. The van der Waals surface area contributed by atoms with Gasteiger partial charge in [-0.1, -0.05) is 32.0 Å². The maximum absolute atomic E-state index is 14.0. The number of benzene rings is 2. The van der Waals surface area contributed by atoms with Crippen LogP contribution in [0.25, 0.3) is 11.0 Å². The summed E-state index contributed by atoms with van der Waals surface area (Å²) in [5, 5.41) is 9.26. The Bertz CT molecular complexity index is 1280. The van der Waals surface area contributed by atoms with Gasteiger partial charge in [0.1, 0.15) is 0 Å². The molecule has 0 fully saturated rings. The van der Waals surface area contributed by atoms with E-state index in [9.17, 15) is 36.4 Å². The molecule has 5 nitrogen and oxygen atoms in total. The zero-order valence-corrected chi connectivity index (χ0v) is 18.5. The van der Waals surface area contributed by atoms with Crippen LogP contribution in [0, 0.1) is 11.3 Å². The van der Waals surface area contributed by atoms with Crippen molar-refractivity contribution >= 4 is 11.0 Å². The average molecular weight is 484 g/mol. The van der Waals surface area contributed by atoms with Crippen molar-refractivity contribution in [2.24, 2.45) is 0 Å². The zero-order valence-electron chi connectivity index (χ0n) is 18.5. The predicted octanol–water partition coefficient (Wildman–Crippen LogP) is 5.10. The van der Waals surface area contributed by atoms with E-state index < -0.39 is 41.2 Å². The molecule has 1 heterocycles. The molecule has 3 aromatic rings. The van der Waals surface area contributed by atoms with Crippen LogP contribution in [-0.4, -0.2) is 33.7 Å². The highest BCUT2D eigenvalue weighted by Crippen LogP contribution is 2.37. The van der Waals surface area contributed by atoms with Gasteiger partial charge in [0.15, 0.2) is 0 Å². The lowest BCUT2D eigenvalue weighted by Crippen LogP contribution is -2.32. The summed E-state index contributed by atoms with van der Waals surface area (Å²) in [6.45, 7) is 4.69. The van der Waals surface area contributed by atoms with Crippen LogP contribution in [0.3, 0.4) is 0 Å². The normalized spacial score (nSPS) is 12.5. The lowest BCUT2D eigenvalue weighted by atomic mass is 10.1. The second-order valence-corrected chi connectivity index (χ2v) is 7.70. The van der Waals surface area contributed by atoms with Gasteiger partial charge in [0.05, 0.1) is 40.3 Å². The largest absolute Gasteiger partial charge is 0.418 e. The fraction of sp³-hybridized carbons (Fsp3) is 0.391. The number of alkyl halides is 6. The van der Waals surface area contributed by atoms with Crippen LogP contribution in [0.15, 0.2) is 41.2 Å². The molecule has 0 radical (unpaired) electrons. The summed E-state index contributed by atoms with van der Waals surface area (Å²) in [5.74, 6) is 0. The van der Waals surface area contributed by atoms with Gasteiger partial charge in [-0.3, -0.25) is 9.13 Å². The van der Waals surface area contributed by atoms with Crippen molar-refractivity contribution in [3.63, 3.8) is 0 Å². The number of halogens is 6. The third kappa shape index (κ3) is 4.97. The van der Waals surface area contributed by atoms with E-state index in [1.807, 2.05) is 18.7 Å². The van der Waals surface area contributed by atoms with Crippen molar-refractivity contribution in [1.82, 2.24) is 14.0 Å². The van der Waals surface area contributed by atoms with E-state index in [1.165, 1.54) is 18.2 Å². The molecular weight excluding hydrogens is 462 g/mol. The number of aromatic nitrogens is 2. The third-order valence-electron chi connectivity index (χ3n) is 5.73. The average Bonchev–Trinajstić information content (AvgIpc) is 3.03. The first-order valence-corrected chi connectivity index (χ1v) is 10.5. The number of imidazole rings is 1. The Kier molecular flexibility index (Phi) is 7.12. The minimum Gasteiger partial charge on any atom is -0.302 e. The van der Waals surface area contributed by atoms with Gasteiger partial charge in [0.25, 0.3) is 0 Å². The SMILES string of the molecule is CCN(CC)CCn1c(=O)n(Cc2ccccc2C(F)(F)F)c2c(C(F)(F)F)cc(C#N)cc21. The summed E-state index contributed by atoms with van der Waals surface area (Å²) in [4.78, 5) is 15.2. The second kappa shape index (κ2) is 9.54. The van der Waals surface area contributed by atoms with E-state index in [1.54, 1.807) is 6.07 Å². The van der Waals surface area contributed by atoms with E-state index in [2.05, 4.69) is 0 Å². The van der Waals surface area contributed by atoms with Crippen molar-refractivity contribution in [3.8, 4) is 6.07 Å². The molecule has 182 valence electrons. The third-order valence-corrected chi connectivity index (χ3v) is 5.73. The minimum atomic E-state index is -4.94. The van der Waals surface area contributed by atoms with Crippen molar-refractivity contribution in [3.05, 3.63) is 69.1 Å². The fourth-order valence-electron chi connectivity index (χ4n) is 3.98. The summed E-state index contributed by atoms with van der Waals surface area (Å²) in [5.41, 5.74) is -4.49. The van der Waals surface area contributed by atoms with E-state index in [4.69, 9.17) is 0 Å². The topological polar surface area (TPSA) is 54.0 Å². The highest BCUT2D eigenvalue weighted by atomic mass is 19.4. The summed E-state index contributed by atoms with van der Waals surface area (Å²) in [6.07, 6.45) is -9.68. The number of hydrogen-bond acceptors (Lipinski definition) is 3. The molecule has 2 aromatic carbocycles. The van der Waals surface area contributed by atoms with Gasteiger partial charge < -0.3 is 4.90 Å². The summed E-state index contributed by atoms with van der Waals surface area (Å²) >= 11 is 0. The quantitative estimate of drug-likeness (QED) is 0.439. The Morgan fingerprint density at radius 2 is 1.56 bits per heavy atom. The van der Waals surface area contributed by atoms with Crippen LogP contribution in [0.2, 0.25) is 0 Å². The van der Waals surface area contributed by atoms with Crippen molar-refractivity contribution in [2.75, 3.05) is 19.6 Å². The number of nitriles is 1. The summed E-state index contributed by atoms with van der Waals surface area (Å²) in [7, 11) is 0. The molecule has 0 aliphatic rings. The van der Waals surface area contributed by atoms with Crippen molar-refractivity contribution in [1.29, 1.82) is 5.26 Å². The molecule has 0 aliphatic heterocycles. The Labute approximate surface area is 191 Å². The Morgan fingerprint density at radius 1 is 0.941 bits per heavy atom. The van der Waals surface area contributed by atoms with Gasteiger partial charge in [-0.25, -0.2) is 4.79 Å². The number of fused-ring (bicyclic) bond motifs is 1. The first-order valence-electron chi connectivity index (χ1n) is 10.5. The second-order valence-electron chi connectivity index (χ2n) is 7.70. The van der Waals surface area contributed by atoms with E-state index in [0.717, 1.165) is 16.7 Å². The van der Waals surface area contributed by atoms with Gasteiger partial charge >= 0.3 is 18.0 Å². The van der Waals surface area contributed by atoms with Gasteiger partial charge in [0, 0.05) is 13.1 Å². The van der Waals surface area contributed by atoms with Crippen LogP contribution >= 0.6 is 0 Å². The molecule has 0 aliphatic carbocycles.